The molecule has 1 fully saturated rings. The third-order valence-corrected chi connectivity index (χ3v) is 3.88. The molecule has 2 rings (SSSR count). The Labute approximate surface area is 148 Å². The number of ether oxygens (including phenoxy) is 1. The maximum atomic E-state index is 11.9. The predicted molar refractivity (Wildman–Crippen MR) is 96.7 cm³/mol. The topological polar surface area (TPSA) is 105 Å². The molecule has 0 radical (unpaired) electrons. The lowest BCUT2D eigenvalue weighted by atomic mass is 9.96. The highest BCUT2D eigenvalue weighted by atomic mass is 35.5. The fourth-order valence-electron chi connectivity index (χ4n) is 2.61. The number of nitrogens with one attached hydrogen (secondary N) is 3. The van der Waals surface area contributed by atoms with Crippen LogP contribution in [0.3, 0.4) is 0 Å². The van der Waals surface area contributed by atoms with E-state index in [2.05, 4.69) is 16.0 Å². The van der Waals surface area contributed by atoms with Crippen molar-refractivity contribution in [3.63, 3.8) is 0 Å². The molecule has 24 heavy (non-hydrogen) atoms. The van der Waals surface area contributed by atoms with Crippen LogP contribution in [0.25, 0.3) is 0 Å². The molecule has 0 saturated heterocycles. The average molecular weight is 357 g/mol. The molecular weight excluding hydrogens is 332 g/mol. The van der Waals surface area contributed by atoms with E-state index in [0.29, 0.717) is 17.1 Å². The number of nitrogens with two attached hydrogens (primary N) is 1. The van der Waals surface area contributed by atoms with E-state index in [1.807, 2.05) is 0 Å². The Bertz CT molecular complexity index is 562. The number of anilines is 2. The van der Waals surface area contributed by atoms with Gasteiger partial charge in [-0.25, -0.2) is 4.79 Å². The molecule has 1 aliphatic rings. The van der Waals surface area contributed by atoms with Crippen LogP contribution < -0.4 is 26.4 Å². The van der Waals surface area contributed by atoms with Crippen molar-refractivity contribution in [2.45, 2.75) is 38.1 Å². The number of carbonyl (C=O) groups excluding carboxylic acids is 2. The Kier molecular flexibility index (Phi) is 8.18. The summed E-state index contributed by atoms with van der Waals surface area (Å²) in [5.74, 6) is 0.251. The van der Waals surface area contributed by atoms with E-state index in [1.54, 1.807) is 18.2 Å². The quantitative estimate of drug-likeness (QED) is 0.607. The smallest absolute Gasteiger partial charge is 0.315 e. The first kappa shape index (κ1) is 19.9. The highest BCUT2D eigenvalue weighted by Crippen LogP contribution is 2.24. The number of hydrogen-bond acceptors (Lipinski definition) is 4. The molecule has 1 aromatic carbocycles. The number of methoxy groups -OCH3 is 1. The van der Waals surface area contributed by atoms with Gasteiger partial charge in [0.1, 0.15) is 5.75 Å². The van der Waals surface area contributed by atoms with Crippen LogP contribution in [0.15, 0.2) is 18.2 Å². The highest BCUT2D eigenvalue weighted by molar-refractivity contribution is 5.96. The molecule has 0 aromatic heterocycles. The molecule has 1 saturated carbocycles. The Morgan fingerprint density at radius 3 is 2.62 bits per heavy atom. The molecule has 1 aromatic rings. The first-order valence-electron chi connectivity index (χ1n) is 7.86. The van der Waals surface area contributed by atoms with E-state index in [-0.39, 0.29) is 36.9 Å². The van der Waals surface area contributed by atoms with Crippen molar-refractivity contribution in [1.29, 1.82) is 0 Å². The van der Waals surface area contributed by atoms with Crippen LogP contribution in [0.2, 0.25) is 0 Å². The van der Waals surface area contributed by atoms with Crippen LogP contribution in [0.5, 0.6) is 5.75 Å². The summed E-state index contributed by atoms with van der Waals surface area (Å²) in [6.45, 7) is -0.116. The van der Waals surface area contributed by atoms with Crippen LogP contribution in [0.4, 0.5) is 16.2 Å². The third kappa shape index (κ3) is 6.16. The number of carbonyl (C=O) groups is 2. The van der Waals surface area contributed by atoms with E-state index in [4.69, 9.17) is 10.5 Å². The van der Waals surface area contributed by atoms with Gasteiger partial charge in [-0.15, -0.1) is 12.4 Å². The number of amides is 3. The first-order chi connectivity index (χ1) is 11.1. The molecular formula is C16H25ClN4O3. The van der Waals surface area contributed by atoms with Crippen molar-refractivity contribution in [2.24, 2.45) is 0 Å². The van der Waals surface area contributed by atoms with Gasteiger partial charge in [0.2, 0.25) is 5.91 Å². The van der Waals surface area contributed by atoms with Crippen LogP contribution in [0, 0.1) is 0 Å². The van der Waals surface area contributed by atoms with Gasteiger partial charge in [-0.05, 0) is 25.0 Å². The second-order valence-electron chi connectivity index (χ2n) is 5.66. The molecule has 1 aliphatic carbocycles. The molecule has 5 N–H and O–H groups in total. The minimum atomic E-state index is -0.344. The van der Waals surface area contributed by atoms with Crippen molar-refractivity contribution in [3.05, 3.63) is 18.2 Å². The van der Waals surface area contributed by atoms with Gasteiger partial charge < -0.3 is 26.4 Å². The lowest BCUT2D eigenvalue weighted by Gasteiger charge is -2.22. The largest absolute Gasteiger partial charge is 0.497 e. The van der Waals surface area contributed by atoms with Crippen molar-refractivity contribution in [3.8, 4) is 5.75 Å². The summed E-state index contributed by atoms with van der Waals surface area (Å²) in [7, 11) is 1.54. The van der Waals surface area contributed by atoms with Gasteiger partial charge in [0.15, 0.2) is 0 Å². The number of urea groups is 1. The maximum absolute atomic E-state index is 11.9. The van der Waals surface area contributed by atoms with Gasteiger partial charge in [0, 0.05) is 12.1 Å². The molecule has 7 nitrogen and oxygen atoms in total. The minimum Gasteiger partial charge on any atom is -0.497 e. The van der Waals surface area contributed by atoms with Crippen LogP contribution >= 0.6 is 12.4 Å². The summed E-state index contributed by atoms with van der Waals surface area (Å²) in [5.41, 5.74) is 6.70. The van der Waals surface area contributed by atoms with E-state index in [0.717, 1.165) is 25.7 Å². The van der Waals surface area contributed by atoms with Crippen molar-refractivity contribution in [2.75, 3.05) is 24.7 Å². The van der Waals surface area contributed by atoms with Crippen molar-refractivity contribution < 1.29 is 14.3 Å². The molecule has 0 heterocycles. The van der Waals surface area contributed by atoms with Gasteiger partial charge in [-0.3, -0.25) is 4.79 Å². The van der Waals surface area contributed by atoms with Gasteiger partial charge in [0.05, 0.1) is 25.0 Å². The van der Waals surface area contributed by atoms with Crippen LogP contribution in [-0.2, 0) is 4.79 Å². The van der Waals surface area contributed by atoms with Gasteiger partial charge in [0.25, 0.3) is 0 Å². The zero-order chi connectivity index (χ0) is 16.7. The zero-order valence-electron chi connectivity index (χ0n) is 13.8. The van der Waals surface area contributed by atoms with Crippen molar-refractivity contribution >= 4 is 35.7 Å². The molecule has 8 heteroatoms. The Balaban J connectivity index is 0.00000288. The Hall–Kier alpha value is -2.15. The standard InChI is InChI=1S/C16H24N4O3.ClH/c1-23-12-7-8-13(17)14(9-12)20-15(21)10-18-16(22)19-11-5-3-2-4-6-11;/h7-9,11H,2-6,10,17H2,1H3,(H,20,21)(H2,18,19,22);1H. The molecule has 0 bridgehead atoms. The van der Waals surface area contributed by atoms with Crippen molar-refractivity contribution in [1.82, 2.24) is 10.6 Å². The fourth-order valence-corrected chi connectivity index (χ4v) is 2.61. The molecule has 0 aliphatic heterocycles. The number of halogens is 1. The zero-order valence-corrected chi connectivity index (χ0v) is 14.6. The second-order valence-corrected chi connectivity index (χ2v) is 5.66. The summed E-state index contributed by atoms with van der Waals surface area (Å²) in [5, 5.41) is 8.11. The lowest BCUT2D eigenvalue weighted by Crippen LogP contribution is -2.45. The van der Waals surface area contributed by atoms with E-state index >= 15 is 0 Å². The fraction of sp³-hybridized carbons (Fsp3) is 0.500. The van der Waals surface area contributed by atoms with E-state index < -0.39 is 0 Å². The Morgan fingerprint density at radius 1 is 1.25 bits per heavy atom. The number of benzene rings is 1. The summed E-state index contributed by atoms with van der Waals surface area (Å²) in [6, 6.07) is 4.89. The normalized spacial score (nSPS) is 14.2. The highest BCUT2D eigenvalue weighted by Gasteiger charge is 2.16. The number of rotatable bonds is 5. The van der Waals surface area contributed by atoms with E-state index in [1.165, 1.54) is 13.5 Å². The SMILES string of the molecule is COc1ccc(N)c(NC(=O)CNC(=O)NC2CCCCC2)c1.Cl. The molecule has 134 valence electrons. The molecule has 0 spiro atoms. The molecule has 0 atom stereocenters. The van der Waals surface area contributed by atoms with Gasteiger partial charge >= 0.3 is 6.03 Å². The maximum Gasteiger partial charge on any atom is 0.315 e. The van der Waals surface area contributed by atoms with Gasteiger partial charge in [-0.2, -0.15) is 0 Å². The summed E-state index contributed by atoms with van der Waals surface area (Å²) in [4.78, 5) is 23.7. The summed E-state index contributed by atoms with van der Waals surface area (Å²) >= 11 is 0. The first-order valence-corrected chi connectivity index (χ1v) is 7.86. The van der Waals surface area contributed by atoms with Crippen LogP contribution in [0.1, 0.15) is 32.1 Å². The third-order valence-electron chi connectivity index (χ3n) is 3.88. The minimum absolute atomic E-state index is 0. The number of nitrogen functional groups attached to an aromatic ring is 1. The Morgan fingerprint density at radius 2 is 1.96 bits per heavy atom. The molecule has 3 amide bonds. The summed E-state index contributed by atoms with van der Waals surface area (Å²) < 4.78 is 5.09. The number of hydrogen-bond donors (Lipinski definition) is 4. The summed E-state index contributed by atoms with van der Waals surface area (Å²) in [6.07, 6.45) is 5.51. The predicted octanol–water partition coefficient (Wildman–Crippen LogP) is 2.27. The van der Waals surface area contributed by atoms with Crippen LogP contribution in [-0.4, -0.2) is 31.6 Å². The lowest BCUT2D eigenvalue weighted by molar-refractivity contribution is -0.115. The van der Waals surface area contributed by atoms with E-state index in [9.17, 15) is 9.59 Å². The molecule has 0 unspecified atom stereocenters. The monoisotopic (exact) mass is 356 g/mol. The van der Waals surface area contributed by atoms with Gasteiger partial charge in [-0.1, -0.05) is 19.3 Å². The average Bonchev–Trinajstić information content (AvgIpc) is 2.56. The second kappa shape index (κ2) is 9.87.